The van der Waals surface area contributed by atoms with Crippen LogP contribution in [0.1, 0.15) is 24.1 Å². The summed E-state index contributed by atoms with van der Waals surface area (Å²) in [5.41, 5.74) is 2.03. The van der Waals surface area contributed by atoms with Crippen LogP contribution in [-0.4, -0.2) is 33.8 Å². The van der Waals surface area contributed by atoms with Crippen molar-refractivity contribution in [3.63, 3.8) is 0 Å². The number of methoxy groups -OCH3 is 2. The maximum absolute atomic E-state index is 5.71. The van der Waals surface area contributed by atoms with Crippen molar-refractivity contribution in [3.05, 3.63) is 66.2 Å². The fourth-order valence-corrected chi connectivity index (χ4v) is 2.77. The Balaban J connectivity index is 2.06. The van der Waals surface area contributed by atoms with E-state index in [1.807, 2.05) is 49.4 Å². The van der Waals surface area contributed by atoms with Crippen LogP contribution in [0.25, 0.3) is 0 Å². The Labute approximate surface area is 167 Å². The summed E-state index contributed by atoms with van der Waals surface area (Å²) in [4.78, 5) is 4.32. The van der Waals surface area contributed by atoms with E-state index in [1.54, 1.807) is 27.3 Å². The molecule has 0 aliphatic carbocycles. The van der Waals surface area contributed by atoms with Gasteiger partial charge in [0.25, 0.3) is 0 Å². The molecule has 2 rings (SSSR count). The average Bonchev–Trinajstić information content (AvgIpc) is 2.74. The van der Waals surface area contributed by atoms with Gasteiger partial charge in [0.2, 0.25) is 0 Å². The number of nitrogens with one attached hydrogen (secondary N) is 2. The third-order valence-corrected chi connectivity index (χ3v) is 4.26. The molecule has 0 aliphatic rings. The molecule has 0 bridgehead atoms. The Morgan fingerprint density at radius 2 is 1.93 bits per heavy atom. The molecule has 0 spiro atoms. The summed E-state index contributed by atoms with van der Waals surface area (Å²) in [7, 11) is 5.05. The van der Waals surface area contributed by atoms with Gasteiger partial charge in [0.15, 0.2) is 5.96 Å². The van der Waals surface area contributed by atoms with Crippen molar-refractivity contribution in [2.75, 3.05) is 27.9 Å². The van der Waals surface area contributed by atoms with Crippen LogP contribution in [0.15, 0.2) is 60.1 Å². The molecule has 0 saturated carbocycles. The monoisotopic (exact) mass is 383 g/mol. The molecular weight excluding hydrogens is 354 g/mol. The summed E-state index contributed by atoms with van der Waals surface area (Å²) < 4.78 is 16.5. The standard InChI is InChI=1S/C22H29N3O3/c1-6-13-28-20-10-8-7-9-17(20)15-24-22(23-3)25-16(2)19-14-18(26-4)11-12-21(19)27-5/h6-12,14,16H,1,13,15H2,2-5H3,(H2,23,24,25). The fourth-order valence-electron chi connectivity index (χ4n) is 2.77. The lowest BCUT2D eigenvalue weighted by Crippen LogP contribution is -2.38. The van der Waals surface area contributed by atoms with E-state index in [9.17, 15) is 0 Å². The molecule has 0 heterocycles. The largest absolute Gasteiger partial charge is 0.497 e. The molecule has 2 aromatic carbocycles. The van der Waals surface area contributed by atoms with Crippen LogP contribution in [-0.2, 0) is 6.54 Å². The highest BCUT2D eigenvalue weighted by Crippen LogP contribution is 2.29. The first-order valence-electron chi connectivity index (χ1n) is 9.13. The highest BCUT2D eigenvalue weighted by atomic mass is 16.5. The van der Waals surface area contributed by atoms with Crippen LogP contribution >= 0.6 is 0 Å². The lowest BCUT2D eigenvalue weighted by Gasteiger charge is -2.21. The molecular formula is C22H29N3O3. The van der Waals surface area contributed by atoms with Gasteiger partial charge in [-0.25, -0.2) is 0 Å². The van der Waals surface area contributed by atoms with Gasteiger partial charge < -0.3 is 24.8 Å². The Kier molecular flexibility index (Phi) is 8.21. The zero-order valence-corrected chi connectivity index (χ0v) is 17.0. The van der Waals surface area contributed by atoms with Gasteiger partial charge in [-0.05, 0) is 31.2 Å². The molecule has 0 aromatic heterocycles. The van der Waals surface area contributed by atoms with Crippen LogP contribution in [0, 0.1) is 0 Å². The highest BCUT2D eigenvalue weighted by molar-refractivity contribution is 5.80. The van der Waals surface area contributed by atoms with Crippen molar-refractivity contribution >= 4 is 5.96 Å². The van der Waals surface area contributed by atoms with Crippen molar-refractivity contribution < 1.29 is 14.2 Å². The van der Waals surface area contributed by atoms with E-state index in [2.05, 4.69) is 22.2 Å². The van der Waals surface area contributed by atoms with E-state index in [1.165, 1.54) is 0 Å². The molecule has 0 radical (unpaired) electrons. The van der Waals surface area contributed by atoms with E-state index in [-0.39, 0.29) is 6.04 Å². The van der Waals surface area contributed by atoms with Crippen molar-refractivity contribution in [1.82, 2.24) is 10.6 Å². The topological polar surface area (TPSA) is 64.1 Å². The van der Waals surface area contributed by atoms with Crippen LogP contribution < -0.4 is 24.8 Å². The summed E-state index contributed by atoms with van der Waals surface area (Å²) in [5, 5.41) is 6.72. The molecule has 0 aliphatic heterocycles. The summed E-state index contributed by atoms with van der Waals surface area (Å²) in [6.07, 6.45) is 1.73. The van der Waals surface area contributed by atoms with Gasteiger partial charge in [0.1, 0.15) is 23.9 Å². The van der Waals surface area contributed by atoms with E-state index in [0.717, 1.165) is 28.4 Å². The predicted octanol–water partition coefficient (Wildman–Crippen LogP) is 3.69. The molecule has 2 N–H and O–H groups in total. The van der Waals surface area contributed by atoms with Gasteiger partial charge in [-0.3, -0.25) is 4.99 Å². The molecule has 2 aromatic rings. The average molecular weight is 383 g/mol. The van der Waals surface area contributed by atoms with E-state index < -0.39 is 0 Å². The number of benzene rings is 2. The SMILES string of the molecule is C=CCOc1ccccc1CNC(=NC)NC(C)c1cc(OC)ccc1OC. The lowest BCUT2D eigenvalue weighted by molar-refractivity contribution is 0.358. The quantitative estimate of drug-likeness (QED) is 0.393. The van der Waals surface area contributed by atoms with Crippen molar-refractivity contribution in [2.24, 2.45) is 4.99 Å². The number of rotatable bonds is 9. The van der Waals surface area contributed by atoms with Crippen LogP contribution in [0.2, 0.25) is 0 Å². The van der Waals surface area contributed by atoms with Crippen LogP contribution in [0.4, 0.5) is 0 Å². The molecule has 28 heavy (non-hydrogen) atoms. The molecule has 0 saturated heterocycles. The number of hydrogen-bond donors (Lipinski definition) is 2. The number of para-hydroxylation sites is 1. The van der Waals surface area contributed by atoms with Crippen molar-refractivity contribution in [2.45, 2.75) is 19.5 Å². The smallest absolute Gasteiger partial charge is 0.191 e. The van der Waals surface area contributed by atoms with Gasteiger partial charge >= 0.3 is 0 Å². The summed E-state index contributed by atoms with van der Waals surface area (Å²) in [5.74, 6) is 3.07. The minimum Gasteiger partial charge on any atom is -0.497 e. The van der Waals surface area contributed by atoms with Crippen LogP contribution in [0.5, 0.6) is 17.2 Å². The summed E-state index contributed by atoms with van der Waals surface area (Å²) in [6, 6.07) is 13.6. The molecule has 1 unspecified atom stereocenters. The number of ether oxygens (including phenoxy) is 3. The van der Waals surface area contributed by atoms with Gasteiger partial charge in [-0.2, -0.15) is 0 Å². The second-order valence-electron chi connectivity index (χ2n) is 6.11. The number of hydrogen-bond acceptors (Lipinski definition) is 4. The number of nitrogens with zero attached hydrogens (tertiary/aromatic N) is 1. The van der Waals surface area contributed by atoms with Gasteiger partial charge in [-0.1, -0.05) is 30.9 Å². The second-order valence-corrected chi connectivity index (χ2v) is 6.11. The zero-order valence-electron chi connectivity index (χ0n) is 17.0. The van der Waals surface area contributed by atoms with Gasteiger partial charge in [-0.15, -0.1) is 0 Å². The van der Waals surface area contributed by atoms with E-state index in [4.69, 9.17) is 14.2 Å². The van der Waals surface area contributed by atoms with Crippen LogP contribution in [0.3, 0.4) is 0 Å². The first kappa shape index (κ1) is 21.2. The maximum Gasteiger partial charge on any atom is 0.191 e. The molecule has 1 atom stereocenters. The maximum atomic E-state index is 5.71. The fraction of sp³-hybridized carbons (Fsp3) is 0.318. The number of guanidine groups is 1. The molecule has 0 fully saturated rings. The lowest BCUT2D eigenvalue weighted by atomic mass is 10.1. The Morgan fingerprint density at radius 1 is 1.14 bits per heavy atom. The van der Waals surface area contributed by atoms with E-state index >= 15 is 0 Å². The Morgan fingerprint density at radius 3 is 2.61 bits per heavy atom. The third-order valence-electron chi connectivity index (χ3n) is 4.26. The first-order chi connectivity index (χ1) is 13.6. The van der Waals surface area contributed by atoms with Crippen molar-refractivity contribution in [1.29, 1.82) is 0 Å². The number of aliphatic imine (C=N–C) groups is 1. The normalized spacial score (nSPS) is 12.1. The first-order valence-corrected chi connectivity index (χ1v) is 9.13. The predicted molar refractivity (Wildman–Crippen MR) is 113 cm³/mol. The summed E-state index contributed by atoms with van der Waals surface area (Å²) in [6.45, 7) is 6.79. The Hall–Kier alpha value is -3.15. The van der Waals surface area contributed by atoms with Crippen molar-refractivity contribution in [3.8, 4) is 17.2 Å². The van der Waals surface area contributed by atoms with E-state index in [0.29, 0.717) is 19.1 Å². The minimum absolute atomic E-state index is 0.0384. The minimum atomic E-state index is -0.0384. The molecule has 6 nitrogen and oxygen atoms in total. The second kappa shape index (κ2) is 10.9. The molecule has 0 amide bonds. The Bertz CT molecular complexity index is 805. The molecule has 150 valence electrons. The summed E-state index contributed by atoms with van der Waals surface area (Å²) >= 11 is 0. The zero-order chi connectivity index (χ0) is 20.4. The van der Waals surface area contributed by atoms with Gasteiger partial charge in [0.05, 0.1) is 20.3 Å². The highest BCUT2D eigenvalue weighted by Gasteiger charge is 2.14. The molecule has 6 heteroatoms. The van der Waals surface area contributed by atoms with Gasteiger partial charge in [0, 0.05) is 24.7 Å². The third kappa shape index (κ3) is 5.67.